The van der Waals surface area contributed by atoms with E-state index in [1.54, 1.807) is 12.1 Å². The van der Waals surface area contributed by atoms with E-state index in [2.05, 4.69) is 11.4 Å². The zero-order valence-corrected chi connectivity index (χ0v) is 9.80. The van der Waals surface area contributed by atoms with Crippen LogP contribution in [0, 0.1) is 0 Å². The van der Waals surface area contributed by atoms with Gasteiger partial charge in [0.1, 0.15) is 0 Å². The van der Waals surface area contributed by atoms with Crippen LogP contribution in [-0.4, -0.2) is 22.8 Å². The number of nitrogens with zero attached hydrogens (tertiary/aromatic N) is 1. The third-order valence-corrected chi connectivity index (χ3v) is 2.69. The van der Waals surface area contributed by atoms with Crippen LogP contribution in [0.15, 0.2) is 30.9 Å². The van der Waals surface area contributed by atoms with Crippen LogP contribution < -0.4 is 0 Å². The minimum atomic E-state index is -0.845. The minimum Gasteiger partial charge on any atom is -0.325 e. The van der Waals surface area contributed by atoms with Crippen molar-refractivity contribution in [2.24, 2.45) is 0 Å². The van der Waals surface area contributed by atoms with Gasteiger partial charge in [0, 0.05) is 6.08 Å². The van der Waals surface area contributed by atoms with Crippen molar-refractivity contribution < 1.29 is 19.2 Å². The van der Waals surface area contributed by atoms with E-state index in [-0.39, 0.29) is 5.56 Å². The van der Waals surface area contributed by atoms with Gasteiger partial charge in [-0.2, -0.15) is 0 Å². The van der Waals surface area contributed by atoms with Crippen molar-refractivity contribution >= 4 is 17.8 Å². The number of imide groups is 1. The van der Waals surface area contributed by atoms with E-state index >= 15 is 0 Å². The monoisotopic (exact) mass is 245 g/mol. The molecule has 1 heterocycles. The highest BCUT2D eigenvalue weighted by Crippen LogP contribution is 2.26. The molecule has 92 valence electrons. The second-order valence-corrected chi connectivity index (χ2v) is 3.71. The number of hydrogen-bond acceptors (Lipinski definition) is 4. The lowest BCUT2D eigenvalue weighted by atomic mass is 10.0. The summed E-state index contributed by atoms with van der Waals surface area (Å²) in [7, 11) is 0. The summed E-state index contributed by atoms with van der Waals surface area (Å²) in [6.07, 6.45) is 1.51. The molecule has 0 saturated carbocycles. The Kier molecular flexibility index (Phi) is 2.97. The molecule has 0 N–H and O–H groups in total. The molecule has 0 spiro atoms. The molecule has 0 radical (unpaired) electrons. The predicted molar refractivity (Wildman–Crippen MR) is 62.6 cm³/mol. The molecule has 2 amide bonds. The Bertz CT molecular complexity index is 562. The first-order valence-corrected chi connectivity index (χ1v) is 5.45. The van der Waals surface area contributed by atoms with Crippen LogP contribution in [0.4, 0.5) is 0 Å². The summed E-state index contributed by atoms with van der Waals surface area (Å²) in [6.45, 7) is 5.09. The summed E-state index contributed by atoms with van der Waals surface area (Å²) < 4.78 is 0. The molecule has 0 atom stereocenters. The highest BCUT2D eigenvalue weighted by atomic mass is 16.7. The first-order chi connectivity index (χ1) is 8.60. The van der Waals surface area contributed by atoms with E-state index in [4.69, 9.17) is 0 Å². The number of fused-ring (bicyclic) bond motifs is 1. The number of rotatable bonds is 3. The second-order valence-electron chi connectivity index (χ2n) is 3.71. The van der Waals surface area contributed by atoms with Crippen molar-refractivity contribution in [3.63, 3.8) is 0 Å². The summed E-state index contributed by atoms with van der Waals surface area (Å²) in [4.78, 5) is 39.7. The van der Waals surface area contributed by atoms with Crippen LogP contribution in [0.1, 0.15) is 33.2 Å². The highest BCUT2D eigenvalue weighted by molar-refractivity contribution is 6.21. The Morgan fingerprint density at radius 3 is 2.72 bits per heavy atom. The summed E-state index contributed by atoms with van der Waals surface area (Å²) in [5.41, 5.74) is 1.32. The van der Waals surface area contributed by atoms with Gasteiger partial charge in [0.2, 0.25) is 0 Å². The number of hydroxylamine groups is 2. The predicted octanol–water partition coefficient (Wildman–Crippen LogP) is 1.49. The van der Waals surface area contributed by atoms with Gasteiger partial charge in [0.15, 0.2) is 0 Å². The van der Waals surface area contributed by atoms with Crippen LogP contribution in [0.2, 0.25) is 0 Å². The normalized spacial score (nSPS) is 13.5. The standard InChI is InChI=1S/C13H11NO4/c1-3-8-6-5-7-9-11(8)13(17)14(12(9)16)18-10(15)4-2/h4-7H,2-3H2,1H3. The van der Waals surface area contributed by atoms with E-state index in [0.717, 1.165) is 11.6 Å². The molecular weight excluding hydrogens is 234 g/mol. The second kappa shape index (κ2) is 4.44. The summed E-state index contributed by atoms with van der Waals surface area (Å²) in [5, 5.41) is 0.480. The van der Waals surface area contributed by atoms with Gasteiger partial charge in [-0.15, -0.1) is 0 Å². The lowest BCUT2D eigenvalue weighted by Crippen LogP contribution is -2.32. The van der Waals surface area contributed by atoms with Gasteiger partial charge in [-0.1, -0.05) is 30.7 Å². The number of benzene rings is 1. The van der Waals surface area contributed by atoms with Gasteiger partial charge in [-0.05, 0) is 18.1 Å². The van der Waals surface area contributed by atoms with E-state index in [1.807, 2.05) is 6.92 Å². The maximum atomic E-state index is 12.0. The molecule has 0 unspecified atom stereocenters. The molecule has 1 aliphatic heterocycles. The fourth-order valence-corrected chi connectivity index (χ4v) is 1.84. The zero-order chi connectivity index (χ0) is 13.3. The molecule has 0 saturated heterocycles. The average Bonchev–Trinajstić information content (AvgIpc) is 2.63. The molecule has 5 nitrogen and oxygen atoms in total. The van der Waals surface area contributed by atoms with Crippen LogP contribution in [0.25, 0.3) is 0 Å². The molecule has 18 heavy (non-hydrogen) atoms. The van der Waals surface area contributed by atoms with Crippen molar-refractivity contribution in [1.82, 2.24) is 5.06 Å². The molecule has 0 bridgehead atoms. The molecule has 1 aromatic rings. The molecule has 0 fully saturated rings. The lowest BCUT2D eigenvalue weighted by molar-refractivity contribution is -0.162. The molecule has 2 rings (SSSR count). The van der Waals surface area contributed by atoms with Crippen molar-refractivity contribution in [2.45, 2.75) is 13.3 Å². The van der Waals surface area contributed by atoms with E-state index in [0.29, 0.717) is 17.0 Å². The van der Waals surface area contributed by atoms with Crippen molar-refractivity contribution in [1.29, 1.82) is 0 Å². The van der Waals surface area contributed by atoms with Gasteiger partial charge >= 0.3 is 5.97 Å². The van der Waals surface area contributed by atoms with Crippen molar-refractivity contribution in [3.05, 3.63) is 47.5 Å². The molecule has 1 aromatic carbocycles. The third-order valence-electron chi connectivity index (χ3n) is 2.69. The third kappa shape index (κ3) is 1.69. The minimum absolute atomic E-state index is 0.260. The fourth-order valence-electron chi connectivity index (χ4n) is 1.84. The number of amides is 2. The number of carbonyl (C=O) groups is 3. The molecular formula is C13H11NO4. The van der Waals surface area contributed by atoms with Gasteiger partial charge < -0.3 is 4.84 Å². The summed E-state index contributed by atoms with van der Waals surface area (Å²) >= 11 is 0. The topological polar surface area (TPSA) is 63.7 Å². The van der Waals surface area contributed by atoms with E-state index in [1.165, 1.54) is 6.07 Å². The Hall–Kier alpha value is -2.43. The van der Waals surface area contributed by atoms with Gasteiger partial charge in [-0.3, -0.25) is 9.59 Å². The van der Waals surface area contributed by atoms with E-state index < -0.39 is 17.8 Å². The molecule has 0 aliphatic carbocycles. The zero-order valence-electron chi connectivity index (χ0n) is 9.80. The van der Waals surface area contributed by atoms with Crippen LogP contribution in [0.5, 0.6) is 0 Å². The smallest absolute Gasteiger partial charge is 0.325 e. The Labute approximate surface area is 104 Å². The highest BCUT2D eigenvalue weighted by Gasteiger charge is 2.39. The molecule has 0 aromatic heterocycles. The Morgan fingerprint density at radius 2 is 2.11 bits per heavy atom. The molecule has 5 heteroatoms. The van der Waals surface area contributed by atoms with Crippen molar-refractivity contribution in [3.8, 4) is 0 Å². The summed E-state index contributed by atoms with van der Waals surface area (Å²) in [6, 6.07) is 5.00. The fraction of sp³-hybridized carbons (Fsp3) is 0.154. The Balaban J connectivity index is 2.44. The first-order valence-electron chi connectivity index (χ1n) is 5.45. The average molecular weight is 245 g/mol. The quantitative estimate of drug-likeness (QED) is 0.597. The van der Waals surface area contributed by atoms with Gasteiger partial charge in [0.25, 0.3) is 11.8 Å². The largest absolute Gasteiger partial charge is 0.356 e. The van der Waals surface area contributed by atoms with Crippen LogP contribution >= 0.6 is 0 Å². The number of carbonyl (C=O) groups excluding carboxylic acids is 3. The number of aryl methyl sites for hydroxylation is 1. The number of hydrogen-bond donors (Lipinski definition) is 0. The van der Waals surface area contributed by atoms with Gasteiger partial charge in [-0.25, -0.2) is 4.79 Å². The Morgan fingerprint density at radius 1 is 1.39 bits per heavy atom. The molecule has 1 aliphatic rings. The van der Waals surface area contributed by atoms with Crippen LogP contribution in [-0.2, 0) is 16.1 Å². The van der Waals surface area contributed by atoms with Gasteiger partial charge in [0.05, 0.1) is 11.1 Å². The SMILES string of the molecule is C=CC(=O)ON1C(=O)c2cccc(CC)c2C1=O. The maximum absolute atomic E-state index is 12.0. The maximum Gasteiger partial charge on any atom is 0.356 e. The van der Waals surface area contributed by atoms with Crippen LogP contribution in [0.3, 0.4) is 0 Å². The first kappa shape index (κ1) is 12.0. The van der Waals surface area contributed by atoms with Crippen molar-refractivity contribution in [2.75, 3.05) is 0 Å². The van der Waals surface area contributed by atoms with E-state index in [9.17, 15) is 14.4 Å². The lowest BCUT2D eigenvalue weighted by Gasteiger charge is -2.10. The summed E-state index contributed by atoms with van der Waals surface area (Å²) in [5.74, 6) is -2.08.